The van der Waals surface area contributed by atoms with Gasteiger partial charge >= 0.3 is 0 Å². The smallest absolute Gasteiger partial charge is 0.290 e. The number of carboxylic acid groups (broad SMARTS) is 2. The van der Waals surface area contributed by atoms with Gasteiger partial charge in [-0.25, -0.2) is 4.98 Å². The van der Waals surface area contributed by atoms with Crippen LogP contribution in [0.5, 0.6) is 0 Å². The molecule has 3 aliphatic rings. The van der Waals surface area contributed by atoms with Gasteiger partial charge < -0.3 is 30.2 Å². The van der Waals surface area contributed by atoms with E-state index in [4.69, 9.17) is 24.5 Å². The molecule has 1 amide bonds. The number of hydrogen-bond acceptors (Lipinski definition) is 8. The lowest BCUT2D eigenvalue weighted by molar-refractivity contribution is -0.137. The zero-order valence-electron chi connectivity index (χ0n) is 20.0. The predicted molar refractivity (Wildman–Crippen MR) is 128 cm³/mol. The highest BCUT2D eigenvalue weighted by Crippen LogP contribution is 2.26. The van der Waals surface area contributed by atoms with Crippen molar-refractivity contribution >= 4 is 24.7 Å². The lowest BCUT2D eigenvalue weighted by atomic mass is 9.98. The first-order valence-corrected chi connectivity index (χ1v) is 12.1. The second-order valence-electron chi connectivity index (χ2n) is 8.81. The number of hydrogen-bond donors (Lipinski definition) is 4. The van der Waals surface area contributed by atoms with Crippen LogP contribution in [0.1, 0.15) is 44.9 Å². The highest BCUT2D eigenvalue weighted by Gasteiger charge is 2.34. The molecule has 1 aromatic rings. The fourth-order valence-corrected chi connectivity index (χ4v) is 4.92. The summed E-state index contributed by atoms with van der Waals surface area (Å²) in [6.45, 7) is 4.58. The second kappa shape index (κ2) is 15.8. The van der Waals surface area contributed by atoms with E-state index >= 15 is 0 Å². The minimum Gasteiger partial charge on any atom is -0.483 e. The third-order valence-corrected chi connectivity index (χ3v) is 6.53. The fourth-order valence-electron chi connectivity index (χ4n) is 4.92. The summed E-state index contributed by atoms with van der Waals surface area (Å²) in [4.78, 5) is 53.0. The van der Waals surface area contributed by atoms with Crippen LogP contribution in [0.4, 0.5) is 5.82 Å². The number of anilines is 1. The first kappa shape index (κ1) is 28.2. The SMILES string of the molecule is O=C([C@@H]1CC[C@H](Nc2cc(=O)[nH]cn2)CN(C2CCOCC2)C1)N1CCCCC1.O=CO.O=CO. The third-order valence-electron chi connectivity index (χ3n) is 6.53. The summed E-state index contributed by atoms with van der Waals surface area (Å²) in [5, 5.41) is 17.2. The van der Waals surface area contributed by atoms with Crippen molar-refractivity contribution in [2.75, 3.05) is 44.7 Å². The molecule has 0 unspecified atom stereocenters. The van der Waals surface area contributed by atoms with Gasteiger partial charge in [-0.2, -0.15) is 0 Å². The van der Waals surface area contributed by atoms with Gasteiger partial charge in [-0.05, 0) is 44.9 Å². The summed E-state index contributed by atoms with van der Waals surface area (Å²) in [7, 11) is 0. The van der Waals surface area contributed by atoms with E-state index in [1.165, 1.54) is 18.8 Å². The molecule has 1 aromatic heterocycles. The number of amides is 1. The molecule has 3 aliphatic heterocycles. The maximum absolute atomic E-state index is 13.2. The molecule has 0 bridgehead atoms. The van der Waals surface area contributed by atoms with Crippen molar-refractivity contribution < 1.29 is 29.3 Å². The van der Waals surface area contributed by atoms with Gasteiger partial charge in [0.1, 0.15) is 5.82 Å². The molecule has 4 heterocycles. The molecule has 2 atom stereocenters. The van der Waals surface area contributed by atoms with E-state index in [2.05, 4.69) is 25.1 Å². The van der Waals surface area contributed by atoms with Crippen LogP contribution in [0.2, 0.25) is 0 Å². The highest BCUT2D eigenvalue weighted by atomic mass is 16.5. The molecule has 4 N–H and O–H groups in total. The van der Waals surface area contributed by atoms with Crippen LogP contribution < -0.4 is 10.9 Å². The van der Waals surface area contributed by atoms with Crippen molar-refractivity contribution in [2.45, 2.75) is 57.0 Å². The van der Waals surface area contributed by atoms with E-state index in [9.17, 15) is 9.59 Å². The van der Waals surface area contributed by atoms with Crippen molar-refractivity contribution in [3.05, 3.63) is 22.7 Å². The van der Waals surface area contributed by atoms with Crippen molar-refractivity contribution in [3.63, 3.8) is 0 Å². The molecule has 196 valence electrons. The van der Waals surface area contributed by atoms with Gasteiger partial charge in [-0.3, -0.25) is 24.1 Å². The second-order valence-corrected chi connectivity index (χ2v) is 8.81. The number of aromatic amines is 1. The maximum atomic E-state index is 13.2. The Morgan fingerprint density at radius 3 is 2.34 bits per heavy atom. The van der Waals surface area contributed by atoms with Crippen LogP contribution in [-0.2, 0) is 19.1 Å². The standard InChI is InChI=1S/C21H33N5O3.2CH2O2/c27-20-12-19(22-15-23-20)24-17-5-4-16(21(28)25-8-2-1-3-9-25)13-26(14-17)18-6-10-29-11-7-18;2*2-1-3/h12,15-18H,1-11,13-14H2,(H2,22,23,24,27);2*1H,(H,2,3)/t16-,17+;;/m1../s1. The molecule has 0 spiro atoms. The molecule has 35 heavy (non-hydrogen) atoms. The summed E-state index contributed by atoms with van der Waals surface area (Å²) in [5.41, 5.74) is -0.157. The number of nitrogens with zero attached hydrogens (tertiary/aromatic N) is 3. The van der Waals surface area contributed by atoms with Gasteiger partial charge in [0, 0.05) is 57.5 Å². The van der Waals surface area contributed by atoms with E-state index in [-0.39, 0.29) is 30.5 Å². The van der Waals surface area contributed by atoms with Gasteiger partial charge in [0.2, 0.25) is 5.91 Å². The quantitative estimate of drug-likeness (QED) is 0.440. The molecule has 12 heteroatoms. The Morgan fingerprint density at radius 2 is 1.71 bits per heavy atom. The van der Waals surface area contributed by atoms with Crippen molar-refractivity contribution in [1.82, 2.24) is 19.8 Å². The molecule has 3 saturated heterocycles. The van der Waals surface area contributed by atoms with Crippen LogP contribution >= 0.6 is 0 Å². The molecule has 3 fully saturated rings. The number of piperidine rings is 1. The summed E-state index contributed by atoms with van der Waals surface area (Å²) in [6, 6.07) is 2.13. The summed E-state index contributed by atoms with van der Waals surface area (Å²) >= 11 is 0. The average Bonchev–Trinajstić information content (AvgIpc) is 3.08. The normalized spacial score (nSPS) is 23.4. The van der Waals surface area contributed by atoms with Crippen LogP contribution in [0.25, 0.3) is 0 Å². The fraction of sp³-hybridized carbons (Fsp3) is 0.696. The molecule has 12 nitrogen and oxygen atoms in total. The van der Waals surface area contributed by atoms with E-state index in [1.807, 2.05) is 0 Å². The molecular weight excluding hydrogens is 458 g/mol. The number of ether oxygens (including phenoxy) is 1. The molecular formula is C23H37N5O7. The average molecular weight is 496 g/mol. The first-order valence-electron chi connectivity index (χ1n) is 12.1. The predicted octanol–water partition coefficient (Wildman–Crippen LogP) is 0.856. The van der Waals surface area contributed by atoms with E-state index in [0.29, 0.717) is 17.8 Å². The van der Waals surface area contributed by atoms with Crippen molar-refractivity contribution in [1.29, 1.82) is 0 Å². The van der Waals surface area contributed by atoms with Crippen molar-refractivity contribution in [2.24, 2.45) is 5.92 Å². The Bertz CT molecular complexity index is 818. The van der Waals surface area contributed by atoms with Gasteiger partial charge in [0.25, 0.3) is 18.5 Å². The summed E-state index contributed by atoms with van der Waals surface area (Å²) in [6.07, 6.45) is 8.72. The maximum Gasteiger partial charge on any atom is 0.290 e. The van der Waals surface area contributed by atoms with Crippen LogP contribution in [0.3, 0.4) is 0 Å². The van der Waals surface area contributed by atoms with Gasteiger partial charge in [-0.15, -0.1) is 0 Å². The molecule has 0 radical (unpaired) electrons. The summed E-state index contributed by atoms with van der Waals surface area (Å²) < 4.78 is 5.56. The first-order chi connectivity index (χ1) is 17.0. The zero-order chi connectivity index (χ0) is 25.5. The minimum atomic E-state index is -0.250. The van der Waals surface area contributed by atoms with Crippen LogP contribution in [-0.4, -0.2) is 100 Å². The minimum absolute atomic E-state index is 0.0508. The number of likely N-dealkylation sites (tertiary alicyclic amines) is 2. The Balaban J connectivity index is 0.000000655. The molecule has 0 saturated carbocycles. The molecule has 4 rings (SSSR count). The largest absolute Gasteiger partial charge is 0.483 e. The Morgan fingerprint density at radius 1 is 1.06 bits per heavy atom. The Labute approximate surface area is 204 Å². The number of H-pyrrole nitrogens is 1. The van der Waals surface area contributed by atoms with E-state index in [0.717, 1.165) is 77.9 Å². The lowest BCUT2D eigenvalue weighted by Gasteiger charge is -2.37. The number of rotatable bonds is 4. The number of aromatic nitrogens is 2. The Hall–Kier alpha value is -2.99. The van der Waals surface area contributed by atoms with Gasteiger partial charge in [0.05, 0.1) is 12.2 Å². The highest BCUT2D eigenvalue weighted by molar-refractivity contribution is 5.79. The van der Waals surface area contributed by atoms with Crippen molar-refractivity contribution in [3.8, 4) is 0 Å². The molecule has 0 aromatic carbocycles. The number of nitrogens with one attached hydrogen (secondary N) is 2. The monoisotopic (exact) mass is 495 g/mol. The van der Waals surface area contributed by atoms with Gasteiger partial charge in [0.15, 0.2) is 0 Å². The lowest BCUT2D eigenvalue weighted by Crippen LogP contribution is -2.48. The van der Waals surface area contributed by atoms with Crippen LogP contribution in [0.15, 0.2) is 17.2 Å². The topological polar surface area (TPSA) is 165 Å². The van der Waals surface area contributed by atoms with E-state index in [1.54, 1.807) is 0 Å². The van der Waals surface area contributed by atoms with Crippen LogP contribution in [0, 0.1) is 5.92 Å². The third kappa shape index (κ3) is 9.65. The number of carbonyl (C=O) groups excluding carboxylic acids is 1. The van der Waals surface area contributed by atoms with Gasteiger partial charge in [-0.1, -0.05) is 0 Å². The summed E-state index contributed by atoms with van der Waals surface area (Å²) in [5.74, 6) is 0.984. The Kier molecular flexibility index (Phi) is 12.8. The number of carbonyl (C=O) groups is 3. The van der Waals surface area contributed by atoms with E-state index < -0.39 is 0 Å². The molecule has 0 aliphatic carbocycles. The zero-order valence-corrected chi connectivity index (χ0v) is 20.0.